The van der Waals surface area contributed by atoms with Gasteiger partial charge in [-0.25, -0.2) is 0 Å². The molecule has 0 aliphatic carbocycles. The number of ketones is 9. The van der Waals surface area contributed by atoms with Crippen LogP contribution in [0, 0.1) is 6.92 Å². The van der Waals surface area contributed by atoms with Crippen LogP contribution in [0.1, 0.15) is 109 Å². The van der Waals surface area contributed by atoms with E-state index in [-0.39, 0.29) is 168 Å². The molecule has 0 aliphatic rings. The highest BCUT2D eigenvalue weighted by molar-refractivity contribution is 5.94. The second-order valence-electron chi connectivity index (χ2n) is 9.39. The van der Waals surface area contributed by atoms with Gasteiger partial charge in [-0.2, -0.15) is 0 Å². The molecule has 0 aromatic heterocycles. The molecule has 0 aromatic carbocycles. The van der Waals surface area contributed by atoms with Crippen molar-refractivity contribution in [3.63, 3.8) is 0 Å². The average Bonchev–Trinajstić information content (AvgIpc) is 2.87. The van der Waals surface area contributed by atoms with E-state index in [0.717, 1.165) is 0 Å². The monoisotopic (exact) mass is 534 g/mol. The zero-order valence-corrected chi connectivity index (χ0v) is 22.2. The molecule has 0 atom stereocenters. The van der Waals surface area contributed by atoms with E-state index in [9.17, 15) is 43.2 Å². The van der Waals surface area contributed by atoms with Crippen molar-refractivity contribution in [2.45, 2.75) is 109 Å². The van der Waals surface area contributed by atoms with E-state index < -0.39 is 0 Å². The Labute approximate surface area is 223 Å². The molecule has 0 spiro atoms. The van der Waals surface area contributed by atoms with Crippen LogP contribution in [0.3, 0.4) is 0 Å². The molecule has 0 fully saturated rings. The lowest BCUT2D eigenvalue weighted by molar-refractivity contribution is -0.128. The van der Waals surface area contributed by atoms with E-state index in [1.165, 1.54) is 0 Å². The van der Waals surface area contributed by atoms with E-state index in [1.807, 2.05) is 0 Å². The molecule has 211 valence electrons. The molecule has 38 heavy (non-hydrogen) atoms. The van der Waals surface area contributed by atoms with Crippen molar-refractivity contribution in [1.82, 2.24) is 0 Å². The van der Waals surface area contributed by atoms with Crippen LogP contribution in [0.25, 0.3) is 0 Å². The number of hydrogen-bond acceptors (Lipinski definition) is 10. The summed E-state index contributed by atoms with van der Waals surface area (Å²) in [6, 6.07) is 0. The van der Waals surface area contributed by atoms with Crippen LogP contribution in [-0.4, -0.2) is 58.6 Å². The molecule has 10 nitrogen and oxygen atoms in total. The summed E-state index contributed by atoms with van der Waals surface area (Å²) in [6.45, 7) is 3.41. The van der Waals surface area contributed by atoms with Gasteiger partial charge in [0.15, 0.2) is 0 Å². The number of rotatable bonds is 26. The summed E-state index contributed by atoms with van der Waals surface area (Å²) in [5.41, 5.74) is 5.27. The molecule has 10 heteroatoms. The minimum Gasteiger partial charge on any atom is -0.330 e. The first kappa shape index (κ1) is 35.0. The molecule has 0 aliphatic heterocycles. The Morgan fingerprint density at radius 2 is 0.474 bits per heavy atom. The number of hydrogen-bond donors (Lipinski definition) is 1. The first-order chi connectivity index (χ1) is 17.9. The SMILES string of the molecule is [CH2]C(=O)CCC(=O)CCC(=O)CCC(=O)CCC(=O)CCC(=O)CCC(=O)CCC(=O)CCC(=O)CCN. The van der Waals surface area contributed by atoms with Crippen molar-refractivity contribution in [2.24, 2.45) is 5.73 Å². The Hall–Kier alpha value is -3.01. The Bertz CT molecular complexity index is 889. The lowest BCUT2D eigenvalue weighted by Gasteiger charge is -2.03. The molecule has 1 radical (unpaired) electrons. The van der Waals surface area contributed by atoms with Gasteiger partial charge in [0, 0.05) is 116 Å². The second kappa shape index (κ2) is 21.0. The third-order valence-corrected chi connectivity index (χ3v) is 5.88. The van der Waals surface area contributed by atoms with Gasteiger partial charge in [-0.15, -0.1) is 0 Å². The molecule has 0 saturated heterocycles. The highest BCUT2D eigenvalue weighted by Gasteiger charge is 2.15. The van der Waals surface area contributed by atoms with Gasteiger partial charge in [0.25, 0.3) is 0 Å². The van der Waals surface area contributed by atoms with Gasteiger partial charge in [0.1, 0.15) is 52.0 Å². The highest BCUT2D eigenvalue weighted by atomic mass is 16.2. The summed E-state index contributed by atoms with van der Waals surface area (Å²) in [4.78, 5) is 105. The van der Waals surface area contributed by atoms with E-state index in [4.69, 9.17) is 5.73 Å². The van der Waals surface area contributed by atoms with Crippen molar-refractivity contribution < 1.29 is 43.2 Å². The Kier molecular flexibility index (Phi) is 19.3. The normalized spacial score (nSPS) is 10.6. The van der Waals surface area contributed by atoms with E-state index in [2.05, 4.69) is 6.92 Å². The fraction of sp³-hybridized carbons (Fsp3) is 0.643. The molecule has 2 N–H and O–H groups in total. The standard InChI is InChI=1S/C28H40NO9/c1-20(30)2-3-21(31)4-5-22(32)6-7-23(33)8-9-24(34)10-11-25(35)12-13-26(36)14-15-27(37)16-17-28(38)18-19-29/h1-19,29H2. The summed E-state index contributed by atoms with van der Waals surface area (Å²) in [6.07, 6.45) is 0.371. The van der Waals surface area contributed by atoms with Gasteiger partial charge in [-0.1, -0.05) is 0 Å². The van der Waals surface area contributed by atoms with Gasteiger partial charge >= 0.3 is 0 Å². The minimum absolute atomic E-state index is 0.00748. The fourth-order valence-corrected chi connectivity index (χ4v) is 3.39. The van der Waals surface area contributed by atoms with Crippen molar-refractivity contribution >= 4 is 52.0 Å². The summed E-state index contributed by atoms with van der Waals surface area (Å²) >= 11 is 0. The molecular weight excluding hydrogens is 494 g/mol. The topological polar surface area (TPSA) is 180 Å². The first-order valence-electron chi connectivity index (χ1n) is 13.1. The van der Waals surface area contributed by atoms with Crippen LogP contribution in [-0.2, 0) is 43.2 Å². The maximum absolute atomic E-state index is 12.0. The number of carbonyl (C=O) groups excluding carboxylic acids is 9. The minimum atomic E-state index is -0.337. The zero-order chi connectivity index (χ0) is 28.9. The second-order valence-corrected chi connectivity index (χ2v) is 9.39. The number of Topliss-reactive ketones (excluding diaryl/α,β-unsaturated/α-hetero) is 9. The number of carbonyl (C=O) groups is 9. The zero-order valence-electron chi connectivity index (χ0n) is 22.2. The Morgan fingerprint density at radius 3 is 0.632 bits per heavy atom. The van der Waals surface area contributed by atoms with Crippen LogP contribution in [0.2, 0.25) is 0 Å². The van der Waals surface area contributed by atoms with Crippen LogP contribution < -0.4 is 5.73 Å². The molecule has 0 amide bonds. The predicted molar refractivity (Wildman–Crippen MR) is 138 cm³/mol. The maximum Gasteiger partial charge on any atom is 0.134 e. The molecule has 0 aromatic rings. The van der Waals surface area contributed by atoms with Crippen LogP contribution >= 0.6 is 0 Å². The lowest BCUT2D eigenvalue weighted by atomic mass is 10.00. The molecule has 0 saturated carbocycles. The van der Waals surface area contributed by atoms with Crippen LogP contribution in [0.4, 0.5) is 0 Å². The van der Waals surface area contributed by atoms with Crippen molar-refractivity contribution in [1.29, 1.82) is 0 Å². The Morgan fingerprint density at radius 1 is 0.316 bits per heavy atom. The largest absolute Gasteiger partial charge is 0.330 e. The van der Waals surface area contributed by atoms with Gasteiger partial charge < -0.3 is 5.73 Å². The molecule has 0 rings (SSSR count). The van der Waals surface area contributed by atoms with Gasteiger partial charge in [0.05, 0.1) is 0 Å². The van der Waals surface area contributed by atoms with Gasteiger partial charge in [0.2, 0.25) is 0 Å². The summed E-state index contributed by atoms with van der Waals surface area (Å²) < 4.78 is 0. The van der Waals surface area contributed by atoms with E-state index >= 15 is 0 Å². The Balaban J connectivity index is 3.93. The molecular formula is C28H40NO9. The van der Waals surface area contributed by atoms with Crippen LogP contribution in [0.5, 0.6) is 0 Å². The summed E-state index contributed by atoms with van der Waals surface area (Å²) in [5, 5.41) is 0. The predicted octanol–water partition coefficient (Wildman–Crippen LogP) is 2.53. The van der Waals surface area contributed by atoms with Crippen molar-refractivity contribution in [2.75, 3.05) is 6.54 Å². The lowest BCUT2D eigenvalue weighted by Crippen LogP contribution is -2.11. The van der Waals surface area contributed by atoms with Crippen LogP contribution in [0.15, 0.2) is 0 Å². The molecule has 0 heterocycles. The quantitative estimate of drug-likeness (QED) is 0.173. The first-order valence-corrected chi connectivity index (χ1v) is 13.1. The average molecular weight is 535 g/mol. The smallest absolute Gasteiger partial charge is 0.134 e. The van der Waals surface area contributed by atoms with Crippen molar-refractivity contribution in [3.05, 3.63) is 6.92 Å². The van der Waals surface area contributed by atoms with Crippen molar-refractivity contribution in [3.8, 4) is 0 Å². The van der Waals surface area contributed by atoms with Gasteiger partial charge in [-0.05, 0) is 6.54 Å². The molecule has 0 bridgehead atoms. The third kappa shape index (κ3) is 21.1. The fourth-order valence-electron chi connectivity index (χ4n) is 3.39. The van der Waals surface area contributed by atoms with E-state index in [1.54, 1.807) is 0 Å². The molecule has 0 unspecified atom stereocenters. The van der Waals surface area contributed by atoms with Gasteiger partial charge in [-0.3, -0.25) is 43.2 Å². The third-order valence-electron chi connectivity index (χ3n) is 5.88. The highest BCUT2D eigenvalue weighted by Crippen LogP contribution is 2.09. The van der Waals surface area contributed by atoms with E-state index in [0.29, 0.717) is 0 Å². The summed E-state index contributed by atoms with van der Waals surface area (Å²) in [5.74, 6) is -2.05. The number of nitrogens with two attached hydrogens (primary N) is 1. The maximum atomic E-state index is 12.0. The summed E-state index contributed by atoms with van der Waals surface area (Å²) in [7, 11) is 0.